The van der Waals surface area contributed by atoms with Crippen molar-refractivity contribution in [3.05, 3.63) is 0 Å². The third kappa shape index (κ3) is 3.39. The van der Waals surface area contributed by atoms with Crippen LogP contribution >= 0.6 is 0 Å². The highest BCUT2D eigenvalue weighted by atomic mass is 16.3. The van der Waals surface area contributed by atoms with Gasteiger partial charge in [-0.15, -0.1) is 0 Å². The van der Waals surface area contributed by atoms with Gasteiger partial charge in [0, 0.05) is 12.1 Å². The van der Waals surface area contributed by atoms with Crippen LogP contribution in [-0.2, 0) is 0 Å². The first kappa shape index (κ1) is 12.9. The Morgan fingerprint density at radius 3 is 2.33 bits per heavy atom. The van der Waals surface area contributed by atoms with Gasteiger partial charge in [-0.2, -0.15) is 0 Å². The maximum absolute atomic E-state index is 9.67. The van der Waals surface area contributed by atoms with Crippen LogP contribution in [0.25, 0.3) is 0 Å². The van der Waals surface area contributed by atoms with Crippen molar-refractivity contribution in [2.24, 2.45) is 5.73 Å². The number of aliphatic hydroxyl groups is 3. The van der Waals surface area contributed by atoms with Crippen molar-refractivity contribution < 1.29 is 15.3 Å². The Bertz CT molecular complexity index is 190. The van der Waals surface area contributed by atoms with Gasteiger partial charge in [0.15, 0.2) is 0 Å². The summed E-state index contributed by atoms with van der Waals surface area (Å²) in [5.41, 5.74) is 5.62. The summed E-state index contributed by atoms with van der Waals surface area (Å²) < 4.78 is 0. The smallest absolute Gasteiger partial charge is 0.0989 e. The Balaban J connectivity index is 2.31. The van der Waals surface area contributed by atoms with Gasteiger partial charge in [-0.05, 0) is 19.8 Å². The molecule has 6 N–H and O–H groups in total. The van der Waals surface area contributed by atoms with Gasteiger partial charge in [0.2, 0.25) is 0 Å². The Morgan fingerprint density at radius 2 is 1.87 bits per heavy atom. The van der Waals surface area contributed by atoms with Crippen molar-refractivity contribution >= 4 is 0 Å². The minimum Gasteiger partial charge on any atom is -0.395 e. The van der Waals surface area contributed by atoms with Crippen LogP contribution in [0.2, 0.25) is 0 Å². The molecule has 1 aliphatic heterocycles. The fourth-order valence-electron chi connectivity index (χ4n) is 2.02. The zero-order valence-electron chi connectivity index (χ0n) is 9.13. The second-order valence-corrected chi connectivity index (χ2v) is 4.45. The molecule has 0 unspecified atom stereocenters. The molecule has 0 spiro atoms. The summed E-state index contributed by atoms with van der Waals surface area (Å²) in [6.07, 6.45) is 0.948. The van der Waals surface area contributed by atoms with Crippen LogP contribution in [0, 0.1) is 0 Å². The number of aliphatic hydroxyl groups excluding tert-OH is 3. The first-order valence-corrected chi connectivity index (χ1v) is 5.55. The number of hydrogen-bond acceptors (Lipinski definition) is 5. The van der Waals surface area contributed by atoms with E-state index in [2.05, 4.69) is 5.32 Å². The molecule has 0 aromatic rings. The van der Waals surface area contributed by atoms with Gasteiger partial charge in [-0.25, -0.2) is 0 Å². The first-order chi connectivity index (χ1) is 7.06. The molecule has 1 fully saturated rings. The topological polar surface area (TPSA) is 98.7 Å². The Labute approximate surface area is 90.3 Å². The molecule has 0 aromatic carbocycles. The molecule has 0 aliphatic carbocycles. The molecule has 0 radical (unpaired) electrons. The lowest BCUT2D eigenvalue weighted by molar-refractivity contribution is 0.0186. The van der Waals surface area contributed by atoms with E-state index in [-0.39, 0.29) is 18.7 Å². The number of hydrogen-bond donors (Lipinski definition) is 5. The van der Waals surface area contributed by atoms with Crippen molar-refractivity contribution in [1.29, 1.82) is 0 Å². The van der Waals surface area contributed by atoms with Gasteiger partial charge < -0.3 is 26.4 Å². The molecule has 1 rings (SSSR count). The molecule has 0 amide bonds. The van der Waals surface area contributed by atoms with Crippen LogP contribution in [0.4, 0.5) is 0 Å². The number of nitrogens with one attached hydrogen (secondary N) is 1. The van der Waals surface area contributed by atoms with Crippen LogP contribution < -0.4 is 11.1 Å². The highest BCUT2D eigenvalue weighted by Crippen LogP contribution is 2.18. The average Bonchev–Trinajstić information content (AvgIpc) is 2.45. The van der Waals surface area contributed by atoms with Gasteiger partial charge >= 0.3 is 0 Å². The maximum atomic E-state index is 9.67. The first-order valence-electron chi connectivity index (χ1n) is 5.55. The molecule has 1 aliphatic rings. The lowest BCUT2D eigenvalue weighted by Gasteiger charge is -2.16. The Hall–Kier alpha value is -0.200. The molecule has 1 heterocycles. The average molecular weight is 218 g/mol. The normalized spacial score (nSPS) is 38.2. The summed E-state index contributed by atoms with van der Waals surface area (Å²) >= 11 is 0. The van der Waals surface area contributed by atoms with Crippen molar-refractivity contribution in [3.8, 4) is 0 Å². The van der Waals surface area contributed by atoms with E-state index < -0.39 is 18.2 Å². The minimum atomic E-state index is -0.865. The summed E-state index contributed by atoms with van der Waals surface area (Å²) in [4.78, 5) is 0. The van der Waals surface area contributed by atoms with Crippen LogP contribution in [0.15, 0.2) is 0 Å². The van der Waals surface area contributed by atoms with E-state index in [1.54, 1.807) is 0 Å². The van der Waals surface area contributed by atoms with E-state index in [0.29, 0.717) is 0 Å². The number of nitrogens with two attached hydrogens (primary N) is 1. The fourth-order valence-corrected chi connectivity index (χ4v) is 2.02. The van der Waals surface area contributed by atoms with Gasteiger partial charge in [-0.1, -0.05) is 6.42 Å². The monoisotopic (exact) mass is 218 g/mol. The van der Waals surface area contributed by atoms with Gasteiger partial charge in [0.05, 0.1) is 24.9 Å². The quantitative estimate of drug-likeness (QED) is 0.389. The summed E-state index contributed by atoms with van der Waals surface area (Å²) in [6, 6.07) is -0.363. The van der Waals surface area contributed by atoms with E-state index in [1.807, 2.05) is 6.92 Å². The molecule has 0 bridgehead atoms. The van der Waals surface area contributed by atoms with E-state index >= 15 is 0 Å². The van der Waals surface area contributed by atoms with E-state index in [9.17, 15) is 10.2 Å². The summed E-state index contributed by atoms with van der Waals surface area (Å²) in [7, 11) is 0. The summed E-state index contributed by atoms with van der Waals surface area (Å²) in [5, 5.41) is 31.2. The maximum Gasteiger partial charge on any atom is 0.0989 e. The van der Waals surface area contributed by atoms with Crippen molar-refractivity contribution in [1.82, 2.24) is 5.32 Å². The standard InChI is InChI=1S/C10H22N2O3/c1-6(11)3-2-4-7-9(14)10(15)8(5-13)12-7/h6-10,12-15H,2-5,11H2,1H3/t6-,7-,8-,9-,10-/m0/s1. The predicted octanol–water partition coefficient (Wildman–Crippen LogP) is -1.44. The second-order valence-electron chi connectivity index (χ2n) is 4.45. The number of rotatable bonds is 5. The molecular formula is C10H22N2O3. The van der Waals surface area contributed by atoms with Gasteiger partial charge in [-0.3, -0.25) is 0 Å². The molecule has 0 saturated carbocycles. The van der Waals surface area contributed by atoms with Crippen LogP contribution in [0.1, 0.15) is 26.2 Å². The molecule has 90 valence electrons. The molecule has 15 heavy (non-hydrogen) atoms. The third-order valence-electron chi connectivity index (χ3n) is 2.97. The molecule has 5 nitrogen and oxygen atoms in total. The van der Waals surface area contributed by atoms with Crippen LogP contribution in [0.3, 0.4) is 0 Å². The zero-order chi connectivity index (χ0) is 11.4. The van der Waals surface area contributed by atoms with Crippen LogP contribution in [-0.4, -0.2) is 52.3 Å². The van der Waals surface area contributed by atoms with Crippen molar-refractivity contribution in [2.45, 2.75) is 56.5 Å². The van der Waals surface area contributed by atoms with Crippen LogP contribution in [0.5, 0.6) is 0 Å². The lowest BCUT2D eigenvalue weighted by Crippen LogP contribution is -2.36. The minimum absolute atomic E-state index is 0.129. The third-order valence-corrected chi connectivity index (χ3v) is 2.97. The van der Waals surface area contributed by atoms with Gasteiger partial charge in [0.25, 0.3) is 0 Å². The van der Waals surface area contributed by atoms with E-state index in [4.69, 9.17) is 10.8 Å². The zero-order valence-corrected chi connectivity index (χ0v) is 9.13. The molecule has 0 aromatic heterocycles. The highest BCUT2D eigenvalue weighted by Gasteiger charge is 2.39. The molecule has 5 heteroatoms. The fraction of sp³-hybridized carbons (Fsp3) is 1.00. The second kappa shape index (κ2) is 5.77. The molecule has 1 saturated heterocycles. The molecule has 5 atom stereocenters. The SMILES string of the molecule is C[C@H](N)CCC[C@@H]1N[C@@H](CO)[C@H](O)[C@H]1O. The lowest BCUT2D eigenvalue weighted by atomic mass is 10.0. The summed E-state index contributed by atoms with van der Waals surface area (Å²) in [5.74, 6) is 0. The highest BCUT2D eigenvalue weighted by molar-refractivity contribution is 4.97. The van der Waals surface area contributed by atoms with E-state index in [0.717, 1.165) is 19.3 Å². The van der Waals surface area contributed by atoms with Crippen molar-refractivity contribution in [2.75, 3.05) is 6.61 Å². The van der Waals surface area contributed by atoms with Gasteiger partial charge in [0.1, 0.15) is 0 Å². The van der Waals surface area contributed by atoms with E-state index in [1.165, 1.54) is 0 Å². The molecular weight excluding hydrogens is 196 g/mol. The predicted molar refractivity (Wildman–Crippen MR) is 57.3 cm³/mol. The Morgan fingerprint density at radius 1 is 1.27 bits per heavy atom. The Kier molecular flexibility index (Phi) is 4.95. The summed E-state index contributed by atoms with van der Waals surface area (Å²) in [6.45, 7) is 1.80. The largest absolute Gasteiger partial charge is 0.395 e. The van der Waals surface area contributed by atoms with Crippen molar-refractivity contribution in [3.63, 3.8) is 0 Å².